The van der Waals surface area contributed by atoms with Crippen LogP contribution >= 0.6 is 0 Å². The molecule has 2 aromatic carbocycles. The zero-order chi connectivity index (χ0) is 20.6. The van der Waals surface area contributed by atoms with Crippen molar-refractivity contribution in [3.8, 4) is 0 Å². The maximum absolute atomic E-state index is 13.1. The molecule has 6 nitrogen and oxygen atoms in total. The third kappa shape index (κ3) is 4.90. The van der Waals surface area contributed by atoms with Gasteiger partial charge in [0.25, 0.3) is 11.8 Å². The highest BCUT2D eigenvalue weighted by atomic mass is 16.4. The summed E-state index contributed by atoms with van der Waals surface area (Å²) in [6.45, 7) is 0.769. The van der Waals surface area contributed by atoms with Crippen molar-refractivity contribution in [2.24, 2.45) is 0 Å². The van der Waals surface area contributed by atoms with E-state index < -0.39 is 6.09 Å². The van der Waals surface area contributed by atoms with Crippen LogP contribution in [0, 0.1) is 0 Å². The summed E-state index contributed by atoms with van der Waals surface area (Å²) in [6.07, 6.45) is 2.05. The molecule has 0 fully saturated rings. The third-order valence-corrected chi connectivity index (χ3v) is 4.88. The molecule has 0 aromatic heterocycles. The average Bonchev–Trinajstić information content (AvgIpc) is 2.98. The Morgan fingerprint density at radius 2 is 1.24 bits per heavy atom. The topological polar surface area (TPSA) is 86.7 Å². The summed E-state index contributed by atoms with van der Waals surface area (Å²) < 4.78 is 0. The number of unbranched alkanes of at least 4 members (excludes halogenated alkanes) is 3. The SMILES string of the molecule is O=C(O)NCCCCCCN1C(=O)C(c2ccccc2)=C(c2ccccc2)C1=O. The van der Waals surface area contributed by atoms with Crippen LogP contribution < -0.4 is 5.32 Å². The van der Waals surface area contributed by atoms with Crippen LogP contribution in [0.4, 0.5) is 4.79 Å². The Bertz CT molecular complexity index is 845. The molecule has 0 radical (unpaired) electrons. The highest BCUT2D eigenvalue weighted by Crippen LogP contribution is 2.35. The van der Waals surface area contributed by atoms with Gasteiger partial charge in [0.2, 0.25) is 0 Å². The van der Waals surface area contributed by atoms with Crippen molar-refractivity contribution in [1.82, 2.24) is 10.2 Å². The molecule has 150 valence electrons. The lowest BCUT2D eigenvalue weighted by atomic mass is 9.96. The first-order valence-electron chi connectivity index (χ1n) is 9.77. The van der Waals surface area contributed by atoms with Crippen LogP contribution in [0.2, 0.25) is 0 Å². The summed E-state index contributed by atoms with van der Waals surface area (Å²) in [7, 11) is 0. The second-order valence-corrected chi connectivity index (χ2v) is 6.89. The van der Waals surface area contributed by atoms with E-state index in [0.29, 0.717) is 30.7 Å². The molecule has 0 atom stereocenters. The first-order chi connectivity index (χ1) is 14.1. The standard InChI is InChI=1S/C23H24N2O4/c26-21-19(17-11-5-3-6-12-17)20(18-13-7-4-8-14-18)22(27)25(21)16-10-2-1-9-15-24-23(28)29/h3-8,11-14,24H,1-2,9-10,15-16H2,(H,28,29). The Kier molecular flexibility index (Phi) is 6.79. The van der Waals surface area contributed by atoms with Gasteiger partial charge in [0.05, 0.1) is 11.1 Å². The van der Waals surface area contributed by atoms with Crippen LogP contribution in [0.3, 0.4) is 0 Å². The fraction of sp³-hybridized carbons (Fsp3) is 0.261. The molecule has 1 aliphatic rings. The monoisotopic (exact) mass is 392 g/mol. The lowest BCUT2D eigenvalue weighted by Gasteiger charge is -2.15. The Balaban J connectivity index is 1.71. The molecule has 29 heavy (non-hydrogen) atoms. The second-order valence-electron chi connectivity index (χ2n) is 6.89. The molecule has 1 aliphatic heterocycles. The van der Waals surface area contributed by atoms with Gasteiger partial charge in [-0.3, -0.25) is 14.5 Å². The number of hydrogen-bond acceptors (Lipinski definition) is 3. The van der Waals surface area contributed by atoms with Crippen molar-refractivity contribution < 1.29 is 19.5 Å². The van der Waals surface area contributed by atoms with E-state index in [0.717, 1.165) is 30.4 Å². The van der Waals surface area contributed by atoms with Crippen LogP contribution in [0.25, 0.3) is 11.1 Å². The molecule has 0 aliphatic carbocycles. The van der Waals surface area contributed by atoms with Gasteiger partial charge < -0.3 is 10.4 Å². The lowest BCUT2D eigenvalue weighted by molar-refractivity contribution is -0.136. The first kappa shape index (κ1) is 20.3. The fourth-order valence-electron chi connectivity index (χ4n) is 3.47. The van der Waals surface area contributed by atoms with Gasteiger partial charge in [-0.1, -0.05) is 73.5 Å². The number of imide groups is 1. The average molecular weight is 392 g/mol. The summed E-state index contributed by atoms with van der Waals surface area (Å²) in [4.78, 5) is 38.0. The van der Waals surface area contributed by atoms with E-state index >= 15 is 0 Å². The minimum Gasteiger partial charge on any atom is -0.465 e. The van der Waals surface area contributed by atoms with E-state index in [1.54, 1.807) is 0 Å². The quantitative estimate of drug-likeness (QED) is 0.502. The van der Waals surface area contributed by atoms with E-state index in [2.05, 4.69) is 5.32 Å². The number of rotatable bonds is 9. The first-order valence-corrected chi connectivity index (χ1v) is 9.77. The van der Waals surface area contributed by atoms with Gasteiger partial charge in [0.15, 0.2) is 0 Å². The van der Waals surface area contributed by atoms with E-state index in [9.17, 15) is 14.4 Å². The number of carbonyl (C=O) groups excluding carboxylic acids is 2. The lowest BCUT2D eigenvalue weighted by Crippen LogP contribution is -2.32. The van der Waals surface area contributed by atoms with Gasteiger partial charge in [-0.05, 0) is 24.0 Å². The van der Waals surface area contributed by atoms with Crippen LogP contribution in [0.15, 0.2) is 60.7 Å². The summed E-state index contributed by atoms with van der Waals surface area (Å²) in [6, 6.07) is 18.6. The maximum Gasteiger partial charge on any atom is 0.404 e. The van der Waals surface area contributed by atoms with Crippen molar-refractivity contribution in [2.45, 2.75) is 25.7 Å². The number of nitrogens with one attached hydrogen (secondary N) is 1. The zero-order valence-corrected chi connectivity index (χ0v) is 16.1. The Morgan fingerprint density at radius 3 is 1.72 bits per heavy atom. The van der Waals surface area contributed by atoms with Crippen molar-refractivity contribution in [1.29, 1.82) is 0 Å². The van der Waals surface area contributed by atoms with Gasteiger partial charge in [-0.25, -0.2) is 4.79 Å². The minimum absolute atomic E-state index is 0.257. The number of hydrogen-bond donors (Lipinski definition) is 2. The summed E-state index contributed by atoms with van der Waals surface area (Å²) in [5, 5.41) is 10.9. The van der Waals surface area contributed by atoms with Crippen molar-refractivity contribution in [3.05, 3.63) is 71.8 Å². The summed E-state index contributed by atoms with van der Waals surface area (Å²) >= 11 is 0. The summed E-state index contributed by atoms with van der Waals surface area (Å²) in [5.74, 6) is -0.514. The van der Waals surface area contributed by atoms with E-state index in [4.69, 9.17) is 5.11 Å². The van der Waals surface area contributed by atoms with Crippen LogP contribution in [-0.2, 0) is 9.59 Å². The molecule has 6 heteroatoms. The Morgan fingerprint density at radius 1 is 0.759 bits per heavy atom. The van der Waals surface area contributed by atoms with Gasteiger partial charge in [-0.2, -0.15) is 0 Å². The molecule has 0 saturated heterocycles. The van der Waals surface area contributed by atoms with Gasteiger partial charge in [0, 0.05) is 13.1 Å². The van der Waals surface area contributed by atoms with E-state index in [-0.39, 0.29) is 11.8 Å². The molecule has 3 amide bonds. The smallest absolute Gasteiger partial charge is 0.404 e. The predicted octanol–water partition coefficient (Wildman–Crippen LogP) is 3.79. The maximum atomic E-state index is 13.1. The van der Waals surface area contributed by atoms with Gasteiger partial charge in [0.1, 0.15) is 0 Å². The fourth-order valence-corrected chi connectivity index (χ4v) is 3.47. The number of carbonyl (C=O) groups is 3. The molecule has 0 bridgehead atoms. The highest BCUT2D eigenvalue weighted by molar-refractivity contribution is 6.48. The van der Waals surface area contributed by atoms with Gasteiger partial charge in [-0.15, -0.1) is 0 Å². The predicted molar refractivity (Wildman–Crippen MR) is 111 cm³/mol. The second kappa shape index (κ2) is 9.68. The zero-order valence-electron chi connectivity index (χ0n) is 16.1. The number of carboxylic acid groups (broad SMARTS) is 1. The van der Waals surface area contributed by atoms with E-state index in [1.165, 1.54) is 4.90 Å². The van der Waals surface area contributed by atoms with Gasteiger partial charge >= 0.3 is 6.09 Å². The van der Waals surface area contributed by atoms with Crippen LogP contribution in [0.1, 0.15) is 36.8 Å². The van der Waals surface area contributed by atoms with Crippen LogP contribution in [-0.4, -0.2) is 41.0 Å². The third-order valence-electron chi connectivity index (χ3n) is 4.88. The highest BCUT2D eigenvalue weighted by Gasteiger charge is 2.38. The summed E-state index contributed by atoms with van der Waals surface area (Å²) in [5.41, 5.74) is 2.39. The van der Waals surface area contributed by atoms with Crippen molar-refractivity contribution in [2.75, 3.05) is 13.1 Å². The number of nitrogens with zero attached hydrogens (tertiary/aromatic N) is 1. The number of amides is 3. The largest absolute Gasteiger partial charge is 0.465 e. The minimum atomic E-state index is -1.02. The molecule has 3 rings (SSSR count). The molecule has 2 aromatic rings. The van der Waals surface area contributed by atoms with Crippen molar-refractivity contribution >= 4 is 29.1 Å². The molecule has 0 spiro atoms. The normalized spacial score (nSPS) is 13.9. The van der Waals surface area contributed by atoms with Crippen molar-refractivity contribution in [3.63, 3.8) is 0 Å². The number of benzene rings is 2. The Labute approximate surface area is 169 Å². The molecule has 1 heterocycles. The molecular weight excluding hydrogens is 368 g/mol. The van der Waals surface area contributed by atoms with Crippen LogP contribution in [0.5, 0.6) is 0 Å². The Hall–Kier alpha value is -3.41. The van der Waals surface area contributed by atoms with E-state index in [1.807, 2.05) is 60.7 Å². The molecular formula is C23H24N2O4. The molecule has 0 saturated carbocycles. The molecule has 0 unspecified atom stereocenters. The molecule has 2 N–H and O–H groups in total.